The van der Waals surface area contributed by atoms with Crippen LogP contribution in [0.5, 0.6) is 0 Å². The minimum atomic E-state index is -0.200. The number of nitrogens with two attached hydrogens (primary N) is 1. The first-order chi connectivity index (χ1) is 8.56. The summed E-state index contributed by atoms with van der Waals surface area (Å²) in [5.41, 5.74) is 4.19. The number of benzene rings is 1. The van der Waals surface area contributed by atoms with Gasteiger partial charge in [0.1, 0.15) is 0 Å². The standard InChI is InChI=1S/C13H21N3O2/c1-10(9-17)16(2)8-12-5-3-11(4-6-12)7-13(18)15-14/h3-6,10,17H,7-9,14H2,1-2H3,(H,15,18). The van der Waals surface area contributed by atoms with Crippen molar-refractivity contribution in [2.75, 3.05) is 13.7 Å². The summed E-state index contributed by atoms with van der Waals surface area (Å²) in [6.07, 6.45) is 0.291. The van der Waals surface area contributed by atoms with Crippen molar-refractivity contribution in [3.8, 4) is 0 Å². The number of amides is 1. The van der Waals surface area contributed by atoms with Crippen LogP contribution in [-0.2, 0) is 17.8 Å². The number of hydrogen-bond donors (Lipinski definition) is 3. The molecule has 0 fully saturated rings. The summed E-state index contributed by atoms with van der Waals surface area (Å²) in [7, 11) is 1.97. The van der Waals surface area contributed by atoms with E-state index in [9.17, 15) is 4.79 Å². The lowest BCUT2D eigenvalue weighted by Crippen LogP contribution is -2.31. The van der Waals surface area contributed by atoms with Gasteiger partial charge in [-0.05, 0) is 25.1 Å². The molecule has 18 heavy (non-hydrogen) atoms. The highest BCUT2D eigenvalue weighted by Crippen LogP contribution is 2.09. The van der Waals surface area contributed by atoms with Gasteiger partial charge in [0.2, 0.25) is 5.91 Å². The van der Waals surface area contributed by atoms with Crippen LogP contribution in [0.4, 0.5) is 0 Å². The van der Waals surface area contributed by atoms with Crippen molar-refractivity contribution in [1.82, 2.24) is 10.3 Å². The number of nitrogens with one attached hydrogen (secondary N) is 1. The Morgan fingerprint density at radius 3 is 2.44 bits per heavy atom. The van der Waals surface area contributed by atoms with Gasteiger partial charge >= 0.3 is 0 Å². The highest BCUT2D eigenvalue weighted by Gasteiger charge is 2.08. The smallest absolute Gasteiger partial charge is 0.238 e. The Hall–Kier alpha value is -1.43. The predicted molar refractivity (Wildman–Crippen MR) is 70.5 cm³/mol. The number of carbonyl (C=O) groups excluding carboxylic acids is 1. The minimum Gasteiger partial charge on any atom is -0.395 e. The highest BCUT2D eigenvalue weighted by molar-refractivity contribution is 5.77. The molecular weight excluding hydrogens is 230 g/mol. The molecule has 0 aliphatic rings. The maximum absolute atomic E-state index is 11.1. The molecule has 4 N–H and O–H groups in total. The maximum Gasteiger partial charge on any atom is 0.238 e. The van der Waals surface area contributed by atoms with Gasteiger partial charge in [0.15, 0.2) is 0 Å². The van der Waals surface area contributed by atoms with Crippen LogP contribution in [0.1, 0.15) is 18.1 Å². The molecule has 5 heteroatoms. The molecule has 100 valence electrons. The molecule has 1 aromatic rings. The zero-order valence-electron chi connectivity index (χ0n) is 10.9. The van der Waals surface area contributed by atoms with Crippen molar-refractivity contribution in [2.45, 2.75) is 25.9 Å². The average molecular weight is 251 g/mol. The quantitative estimate of drug-likeness (QED) is 0.379. The summed E-state index contributed by atoms with van der Waals surface area (Å²) >= 11 is 0. The van der Waals surface area contributed by atoms with Gasteiger partial charge in [-0.2, -0.15) is 0 Å². The monoisotopic (exact) mass is 251 g/mol. The van der Waals surface area contributed by atoms with E-state index in [1.54, 1.807) is 0 Å². The van der Waals surface area contributed by atoms with Crippen LogP contribution in [0.15, 0.2) is 24.3 Å². The Bertz CT molecular complexity index is 378. The second-order valence-corrected chi connectivity index (χ2v) is 4.51. The maximum atomic E-state index is 11.1. The lowest BCUT2D eigenvalue weighted by molar-refractivity contribution is -0.120. The zero-order chi connectivity index (χ0) is 13.5. The van der Waals surface area contributed by atoms with E-state index < -0.39 is 0 Å². The first-order valence-electron chi connectivity index (χ1n) is 5.95. The summed E-state index contributed by atoms with van der Waals surface area (Å²) in [6.45, 7) is 2.89. The lowest BCUT2D eigenvalue weighted by atomic mass is 10.1. The van der Waals surface area contributed by atoms with Gasteiger partial charge in [-0.3, -0.25) is 15.1 Å². The van der Waals surface area contributed by atoms with Crippen LogP contribution >= 0.6 is 0 Å². The Kier molecular flexibility index (Phi) is 5.77. The van der Waals surface area contributed by atoms with Crippen LogP contribution in [0.2, 0.25) is 0 Å². The highest BCUT2D eigenvalue weighted by atomic mass is 16.3. The van der Waals surface area contributed by atoms with Crippen LogP contribution in [0, 0.1) is 0 Å². The Morgan fingerprint density at radius 2 is 1.94 bits per heavy atom. The van der Waals surface area contributed by atoms with Crippen molar-refractivity contribution >= 4 is 5.91 Å². The van der Waals surface area contributed by atoms with Gasteiger partial charge in [-0.25, -0.2) is 5.84 Å². The van der Waals surface area contributed by atoms with Gasteiger partial charge in [0.25, 0.3) is 0 Å². The molecule has 0 radical (unpaired) electrons. The molecule has 1 rings (SSSR count). The summed E-state index contributed by atoms with van der Waals surface area (Å²) < 4.78 is 0. The molecular formula is C13H21N3O2. The second kappa shape index (κ2) is 7.10. The first-order valence-corrected chi connectivity index (χ1v) is 5.95. The number of nitrogens with zero attached hydrogens (tertiary/aromatic N) is 1. The number of aliphatic hydroxyl groups is 1. The molecule has 1 amide bonds. The SMILES string of the molecule is CC(CO)N(C)Cc1ccc(CC(=O)NN)cc1. The molecule has 0 saturated heterocycles. The molecule has 0 aromatic heterocycles. The second-order valence-electron chi connectivity index (χ2n) is 4.51. The van der Waals surface area contributed by atoms with Gasteiger partial charge in [-0.1, -0.05) is 24.3 Å². The number of likely N-dealkylation sites (N-methyl/N-ethyl adjacent to an activating group) is 1. The molecule has 1 atom stereocenters. The fraction of sp³-hybridized carbons (Fsp3) is 0.462. The molecule has 0 aliphatic carbocycles. The third-order valence-corrected chi connectivity index (χ3v) is 3.00. The van der Waals surface area contributed by atoms with E-state index in [-0.39, 0.29) is 18.6 Å². The van der Waals surface area contributed by atoms with E-state index in [0.29, 0.717) is 6.42 Å². The van der Waals surface area contributed by atoms with Gasteiger partial charge in [-0.15, -0.1) is 0 Å². The third-order valence-electron chi connectivity index (χ3n) is 3.00. The lowest BCUT2D eigenvalue weighted by Gasteiger charge is -2.22. The van der Waals surface area contributed by atoms with Crippen molar-refractivity contribution < 1.29 is 9.90 Å². The van der Waals surface area contributed by atoms with E-state index >= 15 is 0 Å². The van der Waals surface area contributed by atoms with Crippen LogP contribution in [0.3, 0.4) is 0 Å². The van der Waals surface area contributed by atoms with E-state index in [4.69, 9.17) is 10.9 Å². The topological polar surface area (TPSA) is 78.6 Å². The fourth-order valence-corrected chi connectivity index (χ4v) is 1.58. The molecule has 0 bridgehead atoms. The Balaban J connectivity index is 2.57. The van der Waals surface area contributed by atoms with Crippen molar-refractivity contribution in [3.63, 3.8) is 0 Å². The van der Waals surface area contributed by atoms with Crippen molar-refractivity contribution in [3.05, 3.63) is 35.4 Å². The van der Waals surface area contributed by atoms with Crippen molar-refractivity contribution in [1.29, 1.82) is 0 Å². The van der Waals surface area contributed by atoms with E-state index in [0.717, 1.165) is 17.7 Å². The van der Waals surface area contributed by atoms with E-state index in [1.807, 2.05) is 38.2 Å². The van der Waals surface area contributed by atoms with Gasteiger partial charge < -0.3 is 5.11 Å². The van der Waals surface area contributed by atoms with E-state index in [1.165, 1.54) is 0 Å². The fourth-order valence-electron chi connectivity index (χ4n) is 1.58. The largest absolute Gasteiger partial charge is 0.395 e. The average Bonchev–Trinajstić information content (AvgIpc) is 2.39. The van der Waals surface area contributed by atoms with Gasteiger partial charge in [0, 0.05) is 12.6 Å². The minimum absolute atomic E-state index is 0.132. The molecule has 5 nitrogen and oxygen atoms in total. The number of rotatable bonds is 6. The van der Waals surface area contributed by atoms with Crippen molar-refractivity contribution in [2.24, 2.45) is 5.84 Å². The number of hydrazine groups is 1. The Morgan fingerprint density at radius 1 is 1.39 bits per heavy atom. The number of carbonyl (C=O) groups is 1. The number of hydrogen-bond acceptors (Lipinski definition) is 4. The first kappa shape index (κ1) is 14.6. The summed E-state index contributed by atoms with van der Waals surface area (Å²) in [6, 6.07) is 7.94. The summed E-state index contributed by atoms with van der Waals surface area (Å²) in [5.74, 6) is 4.83. The number of aliphatic hydroxyl groups excluding tert-OH is 1. The van der Waals surface area contributed by atoms with Crippen LogP contribution in [0.25, 0.3) is 0 Å². The third kappa shape index (κ3) is 4.44. The molecule has 1 aromatic carbocycles. The summed E-state index contributed by atoms with van der Waals surface area (Å²) in [4.78, 5) is 13.2. The molecule has 0 saturated carbocycles. The normalized spacial score (nSPS) is 12.5. The van der Waals surface area contributed by atoms with Gasteiger partial charge in [0.05, 0.1) is 13.0 Å². The molecule has 0 heterocycles. The van der Waals surface area contributed by atoms with E-state index in [2.05, 4.69) is 10.3 Å². The molecule has 0 spiro atoms. The Labute approximate surface area is 108 Å². The van der Waals surface area contributed by atoms with Crippen LogP contribution in [-0.4, -0.2) is 35.6 Å². The summed E-state index contributed by atoms with van der Waals surface area (Å²) in [5, 5.41) is 9.06. The molecule has 0 aliphatic heterocycles. The van der Waals surface area contributed by atoms with Crippen LogP contribution < -0.4 is 11.3 Å². The molecule has 1 unspecified atom stereocenters. The predicted octanol–water partition coefficient (Wildman–Crippen LogP) is 0.0316. The zero-order valence-corrected chi connectivity index (χ0v) is 10.9.